The van der Waals surface area contributed by atoms with E-state index in [1.54, 1.807) is 17.4 Å². The van der Waals surface area contributed by atoms with Crippen LogP contribution in [0.4, 0.5) is 0 Å². The monoisotopic (exact) mass is 197 g/mol. The van der Waals surface area contributed by atoms with Crippen LogP contribution in [0.15, 0.2) is 29.7 Å². The van der Waals surface area contributed by atoms with Gasteiger partial charge in [0.05, 0.1) is 0 Å². The zero-order chi connectivity index (χ0) is 9.52. The summed E-state index contributed by atoms with van der Waals surface area (Å²) in [7, 11) is 0. The van der Waals surface area contributed by atoms with Gasteiger partial charge in [0.2, 0.25) is 0 Å². The van der Waals surface area contributed by atoms with Gasteiger partial charge in [0.15, 0.2) is 0 Å². The van der Waals surface area contributed by atoms with E-state index in [1.165, 1.54) is 4.88 Å². The van der Waals surface area contributed by atoms with Gasteiger partial charge in [-0.25, -0.2) is 4.79 Å². The van der Waals surface area contributed by atoms with Crippen molar-refractivity contribution in [3.05, 3.63) is 34.5 Å². The maximum Gasteiger partial charge on any atom is 0.328 e. The van der Waals surface area contributed by atoms with Gasteiger partial charge in [-0.15, -0.1) is 11.3 Å². The van der Waals surface area contributed by atoms with E-state index in [4.69, 9.17) is 5.11 Å². The van der Waals surface area contributed by atoms with Crippen molar-refractivity contribution in [3.63, 3.8) is 0 Å². The molecule has 2 N–H and O–H groups in total. The molecule has 0 aromatic carbocycles. The second-order valence-electron chi connectivity index (χ2n) is 2.45. The van der Waals surface area contributed by atoms with Gasteiger partial charge in [0.1, 0.15) is 0 Å². The number of rotatable bonds is 5. The predicted octanol–water partition coefficient (Wildman–Crippen LogP) is 1.48. The fourth-order valence-electron chi connectivity index (χ4n) is 0.852. The molecule has 1 rings (SSSR count). The molecule has 1 aromatic heterocycles. The lowest BCUT2D eigenvalue weighted by molar-refractivity contribution is -0.131. The minimum absolute atomic E-state index is 0.588. The summed E-state index contributed by atoms with van der Waals surface area (Å²) in [6.07, 6.45) is 2.73. The van der Waals surface area contributed by atoms with Crippen LogP contribution in [0, 0.1) is 0 Å². The molecule has 0 saturated heterocycles. The summed E-state index contributed by atoms with van der Waals surface area (Å²) < 4.78 is 0. The first-order chi connectivity index (χ1) is 6.29. The highest BCUT2D eigenvalue weighted by molar-refractivity contribution is 7.09. The summed E-state index contributed by atoms with van der Waals surface area (Å²) in [5, 5.41) is 13.4. The summed E-state index contributed by atoms with van der Waals surface area (Å²) in [5.41, 5.74) is 0. The Kier molecular flexibility index (Phi) is 4.21. The van der Waals surface area contributed by atoms with Crippen molar-refractivity contribution in [2.45, 2.75) is 6.54 Å². The average molecular weight is 197 g/mol. The molecule has 0 radical (unpaired) electrons. The third kappa shape index (κ3) is 4.45. The fraction of sp³-hybridized carbons (Fsp3) is 0.222. The first-order valence-corrected chi connectivity index (χ1v) is 4.79. The van der Waals surface area contributed by atoms with E-state index in [0.29, 0.717) is 6.54 Å². The highest BCUT2D eigenvalue weighted by Gasteiger charge is 1.90. The molecular weight excluding hydrogens is 186 g/mol. The van der Waals surface area contributed by atoms with Crippen molar-refractivity contribution in [1.82, 2.24) is 5.32 Å². The minimum Gasteiger partial charge on any atom is -0.478 e. The molecule has 0 aliphatic heterocycles. The van der Waals surface area contributed by atoms with Gasteiger partial charge in [-0.1, -0.05) is 12.1 Å². The summed E-state index contributed by atoms with van der Waals surface area (Å²) in [5.74, 6) is -0.905. The lowest BCUT2D eigenvalue weighted by Gasteiger charge is -1.96. The molecule has 0 amide bonds. The Hall–Kier alpha value is -1.13. The molecule has 0 unspecified atom stereocenters. The molecule has 13 heavy (non-hydrogen) atoms. The topological polar surface area (TPSA) is 49.3 Å². The van der Waals surface area contributed by atoms with Crippen LogP contribution in [0.1, 0.15) is 4.88 Å². The molecule has 1 aromatic rings. The first kappa shape index (κ1) is 9.95. The predicted molar refractivity (Wildman–Crippen MR) is 52.8 cm³/mol. The van der Waals surface area contributed by atoms with Crippen molar-refractivity contribution >= 4 is 17.3 Å². The zero-order valence-electron chi connectivity index (χ0n) is 7.06. The van der Waals surface area contributed by atoms with Gasteiger partial charge < -0.3 is 10.4 Å². The molecule has 0 fully saturated rings. The highest BCUT2D eigenvalue weighted by Crippen LogP contribution is 2.06. The fourth-order valence-corrected chi connectivity index (χ4v) is 1.53. The van der Waals surface area contributed by atoms with Crippen molar-refractivity contribution in [3.8, 4) is 0 Å². The van der Waals surface area contributed by atoms with Gasteiger partial charge in [-0.2, -0.15) is 0 Å². The van der Waals surface area contributed by atoms with E-state index in [-0.39, 0.29) is 0 Å². The Labute approximate surface area is 80.7 Å². The lowest BCUT2D eigenvalue weighted by Crippen LogP contribution is -2.12. The van der Waals surface area contributed by atoms with Crippen LogP contribution in [-0.2, 0) is 11.3 Å². The van der Waals surface area contributed by atoms with Crippen molar-refractivity contribution in [2.75, 3.05) is 6.54 Å². The SMILES string of the molecule is O=C(O)/C=C/CNCc1cccs1. The van der Waals surface area contributed by atoms with Gasteiger partial charge in [-0.3, -0.25) is 0 Å². The molecular formula is C9H11NO2S. The number of carboxylic acids is 1. The average Bonchev–Trinajstić information content (AvgIpc) is 2.55. The van der Waals surface area contributed by atoms with Gasteiger partial charge >= 0.3 is 5.97 Å². The van der Waals surface area contributed by atoms with Crippen molar-refractivity contribution in [1.29, 1.82) is 0 Å². The Morgan fingerprint density at radius 3 is 3.15 bits per heavy atom. The van der Waals surface area contributed by atoms with Crippen LogP contribution in [0.3, 0.4) is 0 Å². The Bertz CT molecular complexity index is 280. The summed E-state index contributed by atoms with van der Waals surface area (Å²) in [6, 6.07) is 4.04. The molecule has 0 spiro atoms. The lowest BCUT2D eigenvalue weighted by atomic mass is 10.4. The number of thiophene rings is 1. The molecule has 4 heteroatoms. The van der Waals surface area contributed by atoms with Gasteiger partial charge in [0.25, 0.3) is 0 Å². The van der Waals surface area contributed by atoms with E-state index in [2.05, 4.69) is 5.32 Å². The minimum atomic E-state index is -0.905. The summed E-state index contributed by atoms with van der Waals surface area (Å²) in [6.45, 7) is 1.38. The second kappa shape index (κ2) is 5.50. The number of hydrogen-bond acceptors (Lipinski definition) is 3. The van der Waals surface area contributed by atoms with E-state index >= 15 is 0 Å². The molecule has 3 nitrogen and oxygen atoms in total. The zero-order valence-corrected chi connectivity index (χ0v) is 7.88. The Balaban J connectivity index is 2.12. The van der Waals surface area contributed by atoms with E-state index < -0.39 is 5.97 Å². The molecule has 0 aliphatic rings. The Morgan fingerprint density at radius 2 is 2.54 bits per heavy atom. The first-order valence-electron chi connectivity index (χ1n) is 3.91. The standard InChI is InChI=1S/C9H11NO2S/c11-9(12)4-1-5-10-7-8-3-2-6-13-8/h1-4,6,10H,5,7H2,(H,11,12)/b4-1+. The van der Waals surface area contributed by atoms with E-state index in [9.17, 15) is 4.79 Å². The summed E-state index contributed by atoms with van der Waals surface area (Å²) >= 11 is 1.68. The number of aliphatic carboxylic acids is 1. The third-order valence-corrected chi connectivity index (χ3v) is 2.28. The van der Waals surface area contributed by atoms with Crippen LogP contribution >= 0.6 is 11.3 Å². The third-order valence-electron chi connectivity index (χ3n) is 1.40. The number of nitrogens with one attached hydrogen (secondary N) is 1. The van der Waals surface area contributed by atoms with E-state index in [1.807, 2.05) is 17.5 Å². The second-order valence-corrected chi connectivity index (χ2v) is 3.48. The van der Waals surface area contributed by atoms with Crippen LogP contribution in [0.5, 0.6) is 0 Å². The summed E-state index contributed by atoms with van der Waals surface area (Å²) in [4.78, 5) is 11.3. The van der Waals surface area contributed by atoms with Crippen LogP contribution < -0.4 is 5.32 Å². The van der Waals surface area contributed by atoms with Gasteiger partial charge in [0, 0.05) is 24.0 Å². The molecule has 0 saturated carbocycles. The number of carbonyl (C=O) groups is 1. The maximum atomic E-state index is 10.1. The molecule has 70 valence electrons. The van der Waals surface area contributed by atoms with Crippen LogP contribution in [0.25, 0.3) is 0 Å². The van der Waals surface area contributed by atoms with Gasteiger partial charge in [-0.05, 0) is 11.4 Å². The molecule has 1 heterocycles. The largest absolute Gasteiger partial charge is 0.478 e. The highest BCUT2D eigenvalue weighted by atomic mass is 32.1. The van der Waals surface area contributed by atoms with Crippen molar-refractivity contribution in [2.24, 2.45) is 0 Å². The maximum absolute atomic E-state index is 10.1. The molecule has 0 aliphatic carbocycles. The normalized spacial score (nSPS) is 10.8. The number of carboxylic acid groups (broad SMARTS) is 1. The van der Waals surface area contributed by atoms with Crippen LogP contribution in [0.2, 0.25) is 0 Å². The van der Waals surface area contributed by atoms with Crippen molar-refractivity contribution < 1.29 is 9.90 Å². The Morgan fingerprint density at radius 1 is 1.69 bits per heavy atom. The molecule has 0 atom stereocenters. The smallest absolute Gasteiger partial charge is 0.328 e. The van der Waals surface area contributed by atoms with E-state index in [0.717, 1.165) is 12.6 Å². The van der Waals surface area contributed by atoms with Crippen LogP contribution in [-0.4, -0.2) is 17.6 Å². The quantitative estimate of drug-likeness (QED) is 0.555. The molecule has 0 bridgehead atoms. The number of hydrogen-bond donors (Lipinski definition) is 2.